The lowest BCUT2D eigenvalue weighted by Gasteiger charge is -2.61. The van der Waals surface area contributed by atoms with Crippen molar-refractivity contribution >= 4 is 52.7 Å². The molecule has 4 aromatic carbocycles. The number of allylic oxidation sites excluding steroid dienone is 1. The number of hydrogen-bond acceptors (Lipinski definition) is 8. The second kappa shape index (κ2) is 22.5. The van der Waals surface area contributed by atoms with Gasteiger partial charge < -0.3 is 18.9 Å². The summed E-state index contributed by atoms with van der Waals surface area (Å²) in [6.07, 6.45) is 19.7. The fourth-order valence-electron chi connectivity index (χ4n) is 14.2. The molecule has 0 aliphatic heterocycles. The monoisotopic (exact) mass is 1000 g/mol. The highest BCUT2D eigenvalue weighted by molar-refractivity contribution is 6.34. The van der Waals surface area contributed by atoms with Crippen LogP contribution < -0.4 is 9.47 Å². The number of ether oxygens (including phenoxy) is 4. The summed E-state index contributed by atoms with van der Waals surface area (Å²) in [7, 11) is 2.49. The highest BCUT2D eigenvalue weighted by atomic mass is 35.5. The molecule has 4 saturated carbocycles. The fraction of sp³-hybridized carbons (Fsp3) is 0.508. The Morgan fingerprint density at radius 1 is 0.634 bits per heavy atom. The number of benzene rings is 4. The van der Waals surface area contributed by atoms with Crippen LogP contribution in [0, 0.1) is 58.2 Å². The van der Waals surface area contributed by atoms with E-state index in [0.717, 1.165) is 41.9 Å². The molecular weight excluding hydrogens is 932 g/mol. The van der Waals surface area contributed by atoms with Crippen LogP contribution in [0.4, 0.5) is 0 Å². The number of carbonyl (C=O) groups is 4. The van der Waals surface area contributed by atoms with Crippen molar-refractivity contribution in [3.05, 3.63) is 134 Å². The zero-order valence-corrected chi connectivity index (χ0v) is 44.2. The predicted octanol–water partition coefficient (Wildman–Crippen LogP) is 16.0. The molecule has 0 saturated heterocycles. The maximum absolute atomic E-state index is 13.5. The molecule has 8 rings (SSSR count). The van der Waals surface area contributed by atoms with Gasteiger partial charge in [-0.05, 0) is 194 Å². The van der Waals surface area contributed by atoms with Gasteiger partial charge in [-0.2, -0.15) is 0 Å². The minimum absolute atomic E-state index is 0.000233. The van der Waals surface area contributed by atoms with Crippen molar-refractivity contribution in [2.75, 3.05) is 14.2 Å². The highest BCUT2D eigenvalue weighted by Crippen LogP contribution is 2.69. The Labute approximate surface area is 431 Å². The Kier molecular flexibility index (Phi) is 16.6. The van der Waals surface area contributed by atoms with E-state index >= 15 is 0 Å². The van der Waals surface area contributed by atoms with E-state index in [9.17, 15) is 19.2 Å². The van der Waals surface area contributed by atoms with Gasteiger partial charge in [-0.25, -0.2) is 19.2 Å². The van der Waals surface area contributed by atoms with E-state index in [-0.39, 0.29) is 43.8 Å². The number of methoxy groups -OCH3 is 2. The van der Waals surface area contributed by atoms with Crippen LogP contribution >= 0.6 is 23.2 Å². The van der Waals surface area contributed by atoms with E-state index in [0.29, 0.717) is 45.8 Å². The largest absolute Gasteiger partial charge is 0.465 e. The van der Waals surface area contributed by atoms with Crippen molar-refractivity contribution in [1.82, 2.24) is 0 Å². The molecule has 0 radical (unpaired) electrons. The second-order valence-corrected chi connectivity index (χ2v) is 23.0. The van der Waals surface area contributed by atoms with E-state index in [1.165, 1.54) is 91.3 Å². The first-order chi connectivity index (χ1) is 34.1. The maximum Gasteiger partial charge on any atom is 0.343 e. The lowest BCUT2D eigenvalue weighted by atomic mass is 9.44. The molecule has 0 heterocycles. The number of esters is 4. The minimum atomic E-state index is -0.762. The topological polar surface area (TPSA) is 105 Å². The standard InChI is InChI=1S/C61H72Cl2O8/c1-37(2)16-14-17-38(3)49-26-27-50-46-25-24-44-32-39(28-30-60(44,4)51(46)29-31-61(49,50)5)18-15-23-45(42-33-47(58(66)68-6)54(52(62)35-42)70-56(64)40-19-10-8-11-20-40)43-34-48(59(67)69-7)55(53(63)36-43)71-57(65)41-21-12-9-13-22-41/h8-13,19-23,33-39,44,46,49-51H,14-18,24-32H2,1-7H3/t38-,39?,44?,46+,49-,50+,51+,60+,61-/m1/s1. The van der Waals surface area contributed by atoms with Gasteiger partial charge in [-0.3, -0.25) is 0 Å². The number of rotatable bonds is 16. The van der Waals surface area contributed by atoms with Gasteiger partial charge in [0.25, 0.3) is 0 Å². The van der Waals surface area contributed by atoms with E-state index in [2.05, 4.69) is 40.7 Å². The first-order valence-electron chi connectivity index (χ1n) is 26.1. The normalized spacial score (nSPS) is 26.0. The van der Waals surface area contributed by atoms with Gasteiger partial charge in [-0.1, -0.05) is 120 Å². The van der Waals surface area contributed by atoms with Crippen molar-refractivity contribution in [1.29, 1.82) is 0 Å². The van der Waals surface area contributed by atoms with Gasteiger partial charge in [-0.15, -0.1) is 0 Å². The molecule has 10 heteroatoms. The first-order valence-corrected chi connectivity index (χ1v) is 26.9. The molecule has 0 N–H and O–H groups in total. The van der Waals surface area contributed by atoms with E-state index in [1.54, 1.807) is 84.9 Å². The van der Waals surface area contributed by atoms with Crippen molar-refractivity contribution in [2.24, 2.45) is 58.2 Å². The van der Waals surface area contributed by atoms with Crippen molar-refractivity contribution in [3.8, 4) is 11.5 Å². The molecule has 4 aliphatic carbocycles. The molecule has 378 valence electrons. The maximum atomic E-state index is 13.5. The predicted molar refractivity (Wildman–Crippen MR) is 281 cm³/mol. The third-order valence-corrected chi connectivity index (χ3v) is 18.4. The SMILES string of the molecule is COC(=O)c1cc(C(=CCCC2CC[C@@]3(C)C(CC[C@H]4[C@@H]5CC[C@H]([C@H](C)CCCC(C)C)[C@@]5(C)CC[C@@H]43)C2)c2cc(Cl)c(OC(=O)c3ccccc3)c(C(=O)OC)c2)cc(Cl)c1OC(=O)c1ccccc1. The lowest BCUT2D eigenvalue weighted by molar-refractivity contribution is -0.121. The Hall–Kier alpha value is -4.92. The smallest absolute Gasteiger partial charge is 0.343 e. The third kappa shape index (κ3) is 11.1. The van der Waals surface area contributed by atoms with E-state index in [4.69, 9.17) is 42.1 Å². The minimum Gasteiger partial charge on any atom is -0.465 e. The van der Waals surface area contributed by atoms with E-state index in [1.807, 2.05) is 0 Å². The number of fused-ring (bicyclic) bond motifs is 5. The second-order valence-electron chi connectivity index (χ2n) is 22.2. The summed E-state index contributed by atoms with van der Waals surface area (Å²) in [5.41, 5.74) is 2.87. The number of halogens is 2. The molecule has 4 fully saturated rings. The van der Waals surface area contributed by atoms with Gasteiger partial charge in [0.1, 0.15) is 11.1 Å². The molecule has 2 unspecified atom stereocenters. The summed E-state index contributed by atoms with van der Waals surface area (Å²) < 4.78 is 22.0. The summed E-state index contributed by atoms with van der Waals surface area (Å²) in [6.45, 7) is 12.6. The Morgan fingerprint density at radius 2 is 1.17 bits per heavy atom. The molecule has 71 heavy (non-hydrogen) atoms. The third-order valence-electron chi connectivity index (χ3n) is 17.8. The Bertz CT molecular complexity index is 2480. The molecule has 8 nitrogen and oxygen atoms in total. The van der Waals surface area contributed by atoms with Crippen LogP contribution in [0.2, 0.25) is 10.0 Å². The molecule has 0 bridgehead atoms. The summed E-state index contributed by atoms with van der Waals surface area (Å²) >= 11 is 13.9. The molecule has 0 spiro atoms. The van der Waals surface area contributed by atoms with Crippen molar-refractivity contribution < 1.29 is 38.1 Å². The number of carbonyl (C=O) groups excluding carboxylic acids is 4. The zero-order chi connectivity index (χ0) is 50.6. The van der Waals surface area contributed by atoms with Gasteiger partial charge in [0.2, 0.25) is 0 Å². The summed E-state index contributed by atoms with van der Waals surface area (Å²) in [6, 6.07) is 23.2. The molecule has 4 aliphatic rings. The number of hydrogen-bond donors (Lipinski definition) is 0. The average Bonchev–Trinajstić information content (AvgIpc) is 3.73. The zero-order valence-electron chi connectivity index (χ0n) is 42.7. The van der Waals surface area contributed by atoms with Gasteiger partial charge in [0, 0.05) is 0 Å². The van der Waals surface area contributed by atoms with Crippen LogP contribution in [0.3, 0.4) is 0 Å². The molecular formula is C61H72Cl2O8. The molecule has 9 atom stereocenters. The van der Waals surface area contributed by atoms with Crippen LogP contribution in [0.15, 0.2) is 91.0 Å². The lowest BCUT2D eigenvalue weighted by Crippen LogP contribution is -2.53. The van der Waals surface area contributed by atoms with Gasteiger partial charge in [0.15, 0.2) is 11.5 Å². The Morgan fingerprint density at radius 3 is 1.70 bits per heavy atom. The van der Waals surface area contributed by atoms with Gasteiger partial charge in [0.05, 0.1) is 35.4 Å². The molecule has 0 amide bonds. The van der Waals surface area contributed by atoms with Crippen molar-refractivity contribution in [3.63, 3.8) is 0 Å². The first kappa shape index (κ1) is 52.4. The fourth-order valence-corrected chi connectivity index (χ4v) is 14.7. The summed E-state index contributed by atoms with van der Waals surface area (Å²) in [5, 5.41) is 0.000465. The van der Waals surface area contributed by atoms with Gasteiger partial charge >= 0.3 is 23.9 Å². The van der Waals surface area contributed by atoms with Crippen LogP contribution in [-0.4, -0.2) is 38.1 Å². The summed E-state index contributed by atoms with van der Waals surface area (Å²) in [5.74, 6) is 2.97. The van der Waals surface area contributed by atoms with Crippen LogP contribution in [0.1, 0.15) is 177 Å². The van der Waals surface area contributed by atoms with Crippen LogP contribution in [-0.2, 0) is 9.47 Å². The van der Waals surface area contributed by atoms with Crippen LogP contribution in [0.5, 0.6) is 11.5 Å². The van der Waals surface area contributed by atoms with Crippen LogP contribution in [0.25, 0.3) is 5.57 Å². The average molecular weight is 1000 g/mol. The van der Waals surface area contributed by atoms with E-state index < -0.39 is 23.9 Å². The molecule has 0 aromatic heterocycles. The van der Waals surface area contributed by atoms with Crippen molar-refractivity contribution in [2.45, 2.75) is 125 Å². The Balaban J connectivity index is 1.06. The molecule has 4 aromatic rings. The quantitative estimate of drug-likeness (QED) is 0.0807. The summed E-state index contributed by atoms with van der Waals surface area (Å²) in [4.78, 5) is 53.6. The highest BCUT2D eigenvalue weighted by Gasteiger charge is 2.60.